The van der Waals surface area contributed by atoms with Crippen LogP contribution in [0.1, 0.15) is 18.5 Å². The maximum absolute atomic E-state index is 5.75. The second-order valence-electron chi connectivity index (χ2n) is 3.23. The van der Waals surface area contributed by atoms with Gasteiger partial charge < -0.3 is 5.73 Å². The van der Waals surface area contributed by atoms with Gasteiger partial charge >= 0.3 is 0 Å². The molecule has 1 aromatic carbocycles. The molecule has 0 bridgehead atoms. The molecule has 2 aromatic rings. The summed E-state index contributed by atoms with van der Waals surface area (Å²) in [5, 5.41) is 7.64. The van der Waals surface area contributed by atoms with Gasteiger partial charge in [-0.1, -0.05) is 17.3 Å². The van der Waals surface area contributed by atoms with E-state index in [1.807, 2.05) is 31.2 Å². The Morgan fingerprint density at radius 1 is 1.29 bits per heavy atom. The molecule has 2 N–H and O–H groups in total. The fraction of sp³-hybridized carbons (Fsp3) is 0.200. The van der Waals surface area contributed by atoms with Crippen LogP contribution < -0.4 is 5.73 Å². The normalized spacial score (nSPS) is 12.7. The van der Waals surface area contributed by atoms with Crippen LogP contribution in [0, 0.1) is 0 Å². The Balaban J connectivity index is 2.31. The van der Waals surface area contributed by atoms with Crippen LogP contribution in [-0.4, -0.2) is 15.0 Å². The third-order valence-electron chi connectivity index (χ3n) is 2.11. The van der Waals surface area contributed by atoms with Gasteiger partial charge in [0.1, 0.15) is 0 Å². The van der Waals surface area contributed by atoms with Crippen molar-refractivity contribution in [3.05, 3.63) is 42.2 Å². The lowest BCUT2D eigenvalue weighted by Crippen LogP contribution is -2.05. The second kappa shape index (κ2) is 3.59. The molecule has 1 atom stereocenters. The molecule has 2 rings (SSSR count). The van der Waals surface area contributed by atoms with Crippen LogP contribution in [0.4, 0.5) is 0 Å². The van der Waals surface area contributed by atoms with Gasteiger partial charge in [0.15, 0.2) is 0 Å². The molecule has 0 radical (unpaired) electrons. The Morgan fingerprint density at radius 2 is 2.00 bits per heavy atom. The van der Waals surface area contributed by atoms with Crippen LogP contribution in [0.15, 0.2) is 36.7 Å². The molecular weight excluding hydrogens is 176 g/mol. The minimum atomic E-state index is 0.0693. The summed E-state index contributed by atoms with van der Waals surface area (Å²) in [4.78, 5) is 0. The van der Waals surface area contributed by atoms with E-state index in [1.165, 1.54) is 0 Å². The summed E-state index contributed by atoms with van der Waals surface area (Å²) in [6, 6.07) is 8.03. The van der Waals surface area contributed by atoms with Crippen LogP contribution in [0.25, 0.3) is 5.69 Å². The highest BCUT2D eigenvalue weighted by Crippen LogP contribution is 2.12. The van der Waals surface area contributed by atoms with Crippen molar-refractivity contribution in [2.24, 2.45) is 5.73 Å². The van der Waals surface area contributed by atoms with E-state index in [9.17, 15) is 0 Å². The first kappa shape index (κ1) is 8.90. The largest absolute Gasteiger partial charge is 0.324 e. The molecule has 72 valence electrons. The van der Waals surface area contributed by atoms with Gasteiger partial charge in [-0.3, -0.25) is 0 Å². The zero-order valence-electron chi connectivity index (χ0n) is 7.96. The summed E-state index contributed by atoms with van der Waals surface area (Å²) in [5.74, 6) is 0. The minimum Gasteiger partial charge on any atom is -0.324 e. The molecule has 0 spiro atoms. The van der Waals surface area contributed by atoms with Crippen molar-refractivity contribution in [3.63, 3.8) is 0 Å². The third-order valence-corrected chi connectivity index (χ3v) is 2.11. The molecule has 1 heterocycles. The van der Waals surface area contributed by atoms with E-state index in [1.54, 1.807) is 17.1 Å². The predicted molar refractivity (Wildman–Crippen MR) is 54.0 cm³/mol. The molecule has 0 amide bonds. The van der Waals surface area contributed by atoms with Crippen LogP contribution >= 0.6 is 0 Å². The van der Waals surface area contributed by atoms with Gasteiger partial charge in [-0.25, -0.2) is 4.68 Å². The average molecular weight is 188 g/mol. The first-order valence-electron chi connectivity index (χ1n) is 4.49. The molecule has 0 saturated carbocycles. The Bertz CT molecular complexity index is 389. The predicted octanol–water partition coefficient (Wildman–Crippen LogP) is 1.29. The van der Waals surface area contributed by atoms with Crippen molar-refractivity contribution >= 4 is 0 Å². The van der Waals surface area contributed by atoms with Gasteiger partial charge in [-0.2, -0.15) is 0 Å². The lowest BCUT2D eigenvalue weighted by Gasteiger charge is -2.06. The quantitative estimate of drug-likeness (QED) is 0.772. The Kier molecular flexibility index (Phi) is 2.28. The van der Waals surface area contributed by atoms with Crippen LogP contribution in [-0.2, 0) is 0 Å². The molecule has 0 saturated heterocycles. The summed E-state index contributed by atoms with van der Waals surface area (Å²) >= 11 is 0. The molecule has 0 aliphatic carbocycles. The Labute approximate surface area is 82.4 Å². The highest BCUT2D eigenvalue weighted by molar-refractivity contribution is 5.34. The number of hydrogen-bond acceptors (Lipinski definition) is 3. The van der Waals surface area contributed by atoms with Crippen molar-refractivity contribution in [1.29, 1.82) is 0 Å². The SMILES string of the molecule is CC(N)c1ccc(-n2ccnn2)cc1. The van der Waals surface area contributed by atoms with Crippen LogP contribution in [0.5, 0.6) is 0 Å². The van der Waals surface area contributed by atoms with Gasteiger partial charge in [0.05, 0.1) is 18.1 Å². The van der Waals surface area contributed by atoms with Gasteiger partial charge in [-0.15, -0.1) is 5.10 Å². The minimum absolute atomic E-state index is 0.0693. The molecule has 14 heavy (non-hydrogen) atoms. The Morgan fingerprint density at radius 3 is 2.50 bits per heavy atom. The molecule has 4 nitrogen and oxygen atoms in total. The zero-order chi connectivity index (χ0) is 9.97. The topological polar surface area (TPSA) is 56.7 Å². The zero-order valence-corrected chi connectivity index (χ0v) is 7.96. The van der Waals surface area contributed by atoms with Gasteiger partial charge in [0, 0.05) is 6.04 Å². The summed E-state index contributed by atoms with van der Waals surface area (Å²) < 4.78 is 1.71. The maximum Gasteiger partial charge on any atom is 0.0697 e. The fourth-order valence-corrected chi connectivity index (χ4v) is 1.28. The maximum atomic E-state index is 5.75. The lowest BCUT2D eigenvalue weighted by molar-refractivity contribution is 0.794. The highest BCUT2D eigenvalue weighted by atomic mass is 15.4. The second-order valence-corrected chi connectivity index (χ2v) is 3.23. The van der Waals surface area contributed by atoms with Crippen molar-refractivity contribution in [2.45, 2.75) is 13.0 Å². The smallest absolute Gasteiger partial charge is 0.0697 e. The van der Waals surface area contributed by atoms with E-state index in [-0.39, 0.29) is 6.04 Å². The first-order chi connectivity index (χ1) is 6.77. The molecule has 0 aliphatic heterocycles. The molecule has 4 heteroatoms. The van der Waals surface area contributed by atoms with E-state index in [0.29, 0.717) is 0 Å². The van der Waals surface area contributed by atoms with E-state index >= 15 is 0 Å². The van der Waals surface area contributed by atoms with E-state index in [0.717, 1.165) is 11.3 Å². The average Bonchev–Trinajstić information content (AvgIpc) is 2.71. The van der Waals surface area contributed by atoms with Crippen molar-refractivity contribution in [1.82, 2.24) is 15.0 Å². The number of nitrogens with two attached hydrogens (primary N) is 1. The van der Waals surface area contributed by atoms with Crippen molar-refractivity contribution < 1.29 is 0 Å². The van der Waals surface area contributed by atoms with Crippen molar-refractivity contribution in [3.8, 4) is 5.69 Å². The van der Waals surface area contributed by atoms with Crippen LogP contribution in [0.3, 0.4) is 0 Å². The van der Waals surface area contributed by atoms with Crippen molar-refractivity contribution in [2.75, 3.05) is 0 Å². The van der Waals surface area contributed by atoms with E-state index in [4.69, 9.17) is 5.73 Å². The molecule has 1 aromatic heterocycles. The summed E-state index contributed by atoms with van der Waals surface area (Å²) in [6.45, 7) is 1.96. The molecule has 0 aliphatic rings. The van der Waals surface area contributed by atoms with Gasteiger partial charge in [0.2, 0.25) is 0 Å². The van der Waals surface area contributed by atoms with Gasteiger partial charge in [0.25, 0.3) is 0 Å². The number of hydrogen-bond donors (Lipinski definition) is 1. The first-order valence-corrected chi connectivity index (χ1v) is 4.49. The van der Waals surface area contributed by atoms with Gasteiger partial charge in [-0.05, 0) is 24.6 Å². The number of rotatable bonds is 2. The molecule has 0 fully saturated rings. The number of benzene rings is 1. The molecular formula is C10H12N4. The highest BCUT2D eigenvalue weighted by Gasteiger charge is 2.00. The summed E-state index contributed by atoms with van der Waals surface area (Å²) in [6.07, 6.45) is 3.46. The Hall–Kier alpha value is -1.68. The van der Waals surface area contributed by atoms with E-state index < -0.39 is 0 Å². The molecule has 1 unspecified atom stereocenters. The number of aromatic nitrogens is 3. The summed E-state index contributed by atoms with van der Waals surface area (Å²) in [7, 11) is 0. The lowest BCUT2D eigenvalue weighted by atomic mass is 10.1. The third kappa shape index (κ3) is 1.65. The standard InChI is InChI=1S/C10H12N4/c1-8(11)9-2-4-10(5-3-9)14-7-6-12-13-14/h2-8H,11H2,1H3. The fourth-order valence-electron chi connectivity index (χ4n) is 1.28. The summed E-state index contributed by atoms with van der Waals surface area (Å²) in [5.41, 5.74) is 7.86. The van der Waals surface area contributed by atoms with Crippen LogP contribution in [0.2, 0.25) is 0 Å². The monoisotopic (exact) mass is 188 g/mol. The number of nitrogens with zero attached hydrogens (tertiary/aromatic N) is 3. The van der Waals surface area contributed by atoms with E-state index in [2.05, 4.69) is 10.3 Å².